The Balaban J connectivity index is 0.000000220. The molecule has 6 nitrogen and oxygen atoms in total. The van der Waals surface area contributed by atoms with Crippen LogP contribution in [0.3, 0.4) is 0 Å². The minimum absolute atomic E-state index is 0.0486. The molecule has 0 saturated carbocycles. The van der Waals surface area contributed by atoms with E-state index in [1.165, 1.54) is 38.1 Å². The van der Waals surface area contributed by atoms with E-state index in [0.717, 1.165) is 12.1 Å². The second-order valence-electron chi connectivity index (χ2n) is 4.52. The third-order valence-electron chi connectivity index (χ3n) is 2.72. The first-order valence-corrected chi connectivity index (χ1v) is 6.28. The van der Waals surface area contributed by atoms with E-state index in [9.17, 15) is 9.59 Å². The summed E-state index contributed by atoms with van der Waals surface area (Å²) >= 11 is 0. The first-order valence-electron chi connectivity index (χ1n) is 6.28. The summed E-state index contributed by atoms with van der Waals surface area (Å²) in [7, 11) is 0. The van der Waals surface area contributed by atoms with Crippen LogP contribution in [0.1, 0.15) is 34.6 Å². The van der Waals surface area contributed by atoms with Crippen molar-refractivity contribution in [3.63, 3.8) is 0 Å². The predicted molar refractivity (Wildman–Crippen MR) is 79.6 cm³/mol. The van der Waals surface area contributed by atoms with Gasteiger partial charge in [0.15, 0.2) is 11.6 Å². The number of rotatable bonds is 2. The number of Topliss-reactive ketones (excluding diaryl/α,β-unsaturated/α-hetero) is 2. The average Bonchev–Trinajstić information content (AvgIpc) is 2.38. The molecule has 0 saturated heterocycles. The lowest BCUT2D eigenvalue weighted by atomic mass is 10.1. The standard InChI is InChI=1S/2C8H8O3/c2*1-5(9)7-3-2-6(10)4-8(7)11/h2*2-4,10-11H,1H3. The van der Waals surface area contributed by atoms with Crippen molar-refractivity contribution in [1.82, 2.24) is 0 Å². The Bertz CT molecular complexity index is 644. The Kier molecular flexibility index (Phi) is 5.51. The highest BCUT2D eigenvalue weighted by Crippen LogP contribution is 2.23. The summed E-state index contributed by atoms with van der Waals surface area (Å²) in [5.41, 5.74) is 0.450. The van der Waals surface area contributed by atoms with E-state index in [2.05, 4.69) is 0 Å². The van der Waals surface area contributed by atoms with Gasteiger partial charge in [-0.05, 0) is 38.1 Å². The highest BCUT2D eigenvalue weighted by Gasteiger charge is 2.06. The summed E-state index contributed by atoms with van der Waals surface area (Å²) in [5, 5.41) is 35.9. The molecule has 2 rings (SSSR count). The third kappa shape index (κ3) is 4.52. The van der Waals surface area contributed by atoms with Crippen LogP contribution in [-0.2, 0) is 0 Å². The van der Waals surface area contributed by atoms with E-state index in [-0.39, 0.29) is 45.7 Å². The molecule has 0 aliphatic rings. The molecule has 0 amide bonds. The molecule has 0 radical (unpaired) electrons. The number of ketones is 2. The first kappa shape index (κ1) is 17.0. The Hall–Kier alpha value is -3.02. The number of aromatic hydroxyl groups is 4. The van der Waals surface area contributed by atoms with Gasteiger partial charge < -0.3 is 20.4 Å². The van der Waals surface area contributed by atoms with E-state index >= 15 is 0 Å². The number of carbonyl (C=O) groups is 2. The van der Waals surface area contributed by atoms with Gasteiger partial charge in [-0.2, -0.15) is 0 Å². The molecule has 6 heteroatoms. The van der Waals surface area contributed by atoms with Crippen LogP contribution in [0.5, 0.6) is 23.0 Å². The van der Waals surface area contributed by atoms with Crippen LogP contribution in [0.15, 0.2) is 36.4 Å². The molecular formula is C16H16O6. The minimum atomic E-state index is -0.220. The number of carbonyl (C=O) groups excluding carboxylic acids is 2. The summed E-state index contributed by atoms with van der Waals surface area (Å²) in [6.45, 7) is 2.71. The lowest BCUT2D eigenvalue weighted by Gasteiger charge is -1.99. The molecule has 116 valence electrons. The fraction of sp³-hybridized carbons (Fsp3) is 0.125. The Labute approximate surface area is 126 Å². The zero-order valence-electron chi connectivity index (χ0n) is 12.1. The molecule has 4 N–H and O–H groups in total. The number of phenolic OH excluding ortho intramolecular Hbond substituents is 4. The van der Waals surface area contributed by atoms with E-state index < -0.39 is 0 Å². The van der Waals surface area contributed by atoms with Crippen molar-refractivity contribution in [3.05, 3.63) is 47.5 Å². The molecule has 2 aromatic carbocycles. The van der Waals surface area contributed by atoms with Crippen molar-refractivity contribution in [3.8, 4) is 23.0 Å². The van der Waals surface area contributed by atoms with Crippen LogP contribution in [0.2, 0.25) is 0 Å². The highest BCUT2D eigenvalue weighted by molar-refractivity contribution is 5.97. The van der Waals surface area contributed by atoms with E-state index in [1.54, 1.807) is 0 Å². The van der Waals surface area contributed by atoms with Gasteiger partial charge in [0, 0.05) is 12.1 Å². The normalized spacial score (nSPS) is 9.55. The van der Waals surface area contributed by atoms with Crippen molar-refractivity contribution in [2.24, 2.45) is 0 Å². The molecule has 0 aliphatic heterocycles. The Morgan fingerprint density at radius 1 is 0.682 bits per heavy atom. The van der Waals surface area contributed by atoms with Crippen molar-refractivity contribution in [1.29, 1.82) is 0 Å². The quantitative estimate of drug-likeness (QED) is 0.634. The molecule has 0 fully saturated rings. The van der Waals surface area contributed by atoms with Crippen LogP contribution >= 0.6 is 0 Å². The van der Waals surface area contributed by atoms with Crippen LogP contribution in [0.4, 0.5) is 0 Å². The van der Waals surface area contributed by atoms with Gasteiger partial charge >= 0.3 is 0 Å². The lowest BCUT2D eigenvalue weighted by Crippen LogP contribution is -1.91. The summed E-state index contributed by atoms with van der Waals surface area (Å²) in [4.78, 5) is 21.5. The third-order valence-corrected chi connectivity index (χ3v) is 2.72. The van der Waals surface area contributed by atoms with Crippen LogP contribution in [0.25, 0.3) is 0 Å². The molecule has 0 aliphatic carbocycles. The van der Waals surface area contributed by atoms with Crippen molar-refractivity contribution < 1.29 is 30.0 Å². The van der Waals surface area contributed by atoms with Crippen molar-refractivity contribution >= 4 is 11.6 Å². The van der Waals surface area contributed by atoms with Gasteiger partial charge in [-0.15, -0.1) is 0 Å². The van der Waals surface area contributed by atoms with Gasteiger partial charge in [0.25, 0.3) is 0 Å². The van der Waals surface area contributed by atoms with E-state index in [0.29, 0.717) is 0 Å². The maximum Gasteiger partial charge on any atom is 0.163 e. The highest BCUT2D eigenvalue weighted by atomic mass is 16.3. The van der Waals surface area contributed by atoms with E-state index in [1.807, 2.05) is 0 Å². The van der Waals surface area contributed by atoms with Gasteiger partial charge in [0.05, 0.1) is 11.1 Å². The molecular weight excluding hydrogens is 288 g/mol. The maximum atomic E-state index is 10.7. The van der Waals surface area contributed by atoms with Gasteiger partial charge in [-0.3, -0.25) is 9.59 Å². The van der Waals surface area contributed by atoms with Gasteiger partial charge in [0.1, 0.15) is 23.0 Å². The van der Waals surface area contributed by atoms with E-state index in [4.69, 9.17) is 20.4 Å². The molecule has 0 aromatic heterocycles. The van der Waals surface area contributed by atoms with Crippen LogP contribution < -0.4 is 0 Å². The maximum absolute atomic E-state index is 10.7. The first-order chi connectivity index (χ1) is 10.2. The number of phenols is 4. The zero-order chi connectivity index (χ0) is 16.9. The van der Waals surface area contributed by atoms with Gasteiger partial charge in [0.2, 0.25) is 0 Å². The zero-order valence-corrected chi connectivity index (χ0v) is 12.1. The molecule has 0 heterocycles. The topological polar surface area (TPSA) is 115 Å². The van der Waals surface area contributed by atoms with Crippen LogP contribution in [0, 0.1) is 0 Å². The number of hydrogen-bond acceptors (Lipinski definition) is 6. The molecule has 22 heavy (non-hydrogen) atoms. The SMILES string of the molecule is CC(=O)c1ccc(O)cc1O.CC(=O)c1ccc(O)cc1O. The Morgan fingerprint density at radius 2 is 1.00 bits per heavy atom. The fourth-order valence-corrected chi connectivity index (χ4v) is 1.64. The lowest BCUT2D eigenvalue weighted by molar-refractivity contribution is 0.100. The van der Waals surface area contributed by atoms with Crippen LogP contribution in [-0.4, -0.2) is 32.0 Å². The molecule has 0 bridgehead atoms. The second-order valence-corrected chi connectivity index (χ2v) is 4.52. The summed E-state index contributed by atoms with van der Waals surface area (Å²) in [6, 6.07) is 7.75. The summed E-state index contributed by atoms with van der Waals surface area (Å²) < 4.78 is 0. The minimum Gasteiger partial charge on any atom is -0.508 e. The predicted octanol–water partition coefficient (Wildman–Crippen LogP) is 2.60. The molecule has 0 spiro atoms. The summed E-state index contributed by atoms with van der Waals surface area (Å²) in [5.74, 6) is -0.903. The second kappa shape index (κ2) is 7.12. The van der Waals surface area contributed by atoms with Gasteiger partial charge in [-0.25, -0.2) is 0 Å². The number of benzene rings is 2. The molecule has 0 unspecified atom stereocenters. The number of hydrogen-bond donors (Lipinski definition) is 4. The molecule has 2 aromatic rings. The van der Waals surface area contributed by atoms with Crippen molar-refractivity contribution in [2.45, 2.75) is 13.8 Å². The fourth-order valence-electron chi connectivity index (χ4n) is 1.64. The average molecular weight is 304 g/mol. The largest absolute Gasteiger partial charge is 0.508 e. The Morgan fingerprint density at radius 3 is 1.23 bits per heavy atom. The monoisotopic (exact) mass is 304 g/mol. The van der Waals surface area contributed by atoms with Gasteiger partial charge in [-0.1, -0.05) is 0 Å². The summed E-state index contributed by atoms with van der Waals surface area (Å²) in [6.07, 6.45) is 0. The molecule has 0 atom stereocenters. The smallest absolute Gasteiger partial charge is 0.163 e. The van der Waals surface area contributed by atoms with Crippen molar-refractivity contribution in [2.75, 3.05) is 0 Å².